The second kappa shape index (κ2) is 7.38. The van der Waals surface area contributed by atoms with E-state index in [2.05, 4.69) is 56.1 Å². The SMILES string of the molecule is CC(C)c1ccc(CCNC(=O)CCS)cc1. The minimum absolute atomic E-state index is 0.0822. The molecule has 1 amide bonds. The maximum Gasteiger partial charge on any atom is 0.220 e. The molecule has 0 saturated carbocycles. The molecule has 0 radical (unpaired) electrons. The van der Waals surface area contributed by atoms with E-state index >= 15 is 0 Å². The van der Waals surface area contributed by atoms with Crippen molar-refractivity contribution in [3.63, 3.8) is 0 Å². The van der Waals surface area contributed by atoms with Crippen LogP contribution in [0.25, 0.3) is 0 Å². The molecule has 0 heterocycles. The molecule has 0 spiro atoms. The number of amides is 1. The minimum Gasteiger partial charge on any atom is -0.356 e. The van der Waals surface area contributed by atoms with Crippen molar-refractivity contribution in [1.82, 2.24) is 5.32 Å². The molecule has 0 aromatic heterocycles. The highest BCUT2D eigenvalue weighted by Crippen LogP contribution is 2.14. The van der Waals surface area contributed by atoms with E-state index < -0.39 is 0 Å². The van der Waals surface area contributed by atoms with Gasteiger partial charge in [0.15, 0.2) is 0 Å². The van der Waals surface area contributed by atoms with Crippen LogP contribution < -0.4 is 5.32 Å². The summed E-state index contributed by atoms with van der Waals surface area (Å²) in [6.07, 6.45) is 1.38. The number of nitrogens with one attached hydrogen (secondary N) is 1. The summed E-state index contributed by atoms with van der Waals surface area (Å²) in [6, 6.07) is 8.60. The monoisotopic (exact) mass is 251 g/mol. The highest BCUT2D eigenvalue weighted by molar-refractivity contribution is 7.80. The smallest absolute Gasteiger partial charge is 0.220 e. The van der Waals surface area contributed by atoms with Crippen LogP contribution in [-0.2, 0) is 11.2 Å². The Hall–Kier alpha value is -0.960. The van der Waals surface area contributed by atoms with Gasteiger partial charge in [-0.1, -0.05) is 38.1 Å². The summed E-state index contributed by atoms with van der Waals surface area (Å²) < 4.78 is 0. The van der Waals surface area contributed by atoms with Crippen LogP contribution in [0.1, 0.15) is 37.3 Å². The van der Waals surface area contributed by atoms with Gasteiger partial charge in [0.2, 0.25) is 5.91 Å². The maximum absolute atomic E-state index is 11.2. The molecule has 94 valence electrons. The van der Waals surface area contributed by atoms with E-state index in [-0.39, 0.29) is 5.91 Å². The zero-order valence-corrected chi connectivity index (χ0v) is 11.5. The first-order valence-corrected chi connectivity index (χ1v) is 6.73. The highest BCUT2D eigenvalue weighted by atomic mass is 32.1. The second-order valence-corrected chi connectivity index (χ2v) is 4.92. The van der Waals surface area contributed by atoms with Crippen molar-refractivity contribution >= 4 is 18.5 Å². The summed E-state index contributed by atoms with van der Waals surface area (Å²) in [6.45, 7) is 5.08. The van der Waals surface area contributed by atoms with Crippen molar-refractivity contribution in [2.24, 2.45) is 0 Å². The molecule has 0 saturated heterocycles. The van der Waals surface area contributed by atoms with Gasteiger partial charge in [0, 0.05) is 13.0 Å². The van der Waals surface area contributed by atoms with Crippen LogP contribution in [0.3, 0.4) is 0 Å². The van der Waals surface area contributed by atoms with E-state index in [4.69, 9.17) is 0 Å². The number of hydrogen-bond acceptors (Lipinski definition) is 2. The summed E-state index contributed by atoms with van der Waals surface area (Å²) in [5.74, 6) is 1.26. The van der Waals surface area contributed by atoms with Gasteiger partial charge in [0.1, 0.15) is 0 Å². The number of rotatable bonds is 6. The lowest BCUT2D eigenvalue weighted by Crippen LogP contribution is -2.25. The molecule has 0 aliphatic heterocycles. The number of hydrogen-bond donors (Lipinski definition) is 2. The average molecular weight is 251 g/mol. The van der Waals surface area contributed by atoms with Crippen LogP contribution in [0.2, 0.25) is 0 Å². The first-order valence-electron chi connectivity index (χ1n) is 6.10. The summed E-state index contributed by atoms with van der Waals surface area (Å²) in [4.78, 5) is 11.2. The zero-order valence-electron chi connectivity index (χ0n) is 10.6. The third-order valence-electron chi connectivity index (χ3n) is 2.72. The molecule has 1 N–H and O–H groups in total. The number of thiol groups is 1. The van der Waals surface area contributed by atoms with Crippen molar-refractivity contribution in [1.29, 1.82) is 0 Å². The molecule has 1 aromatic carbocycles. The number of carbonyl (C=O) groups is 1. The minimum atomic E-state index is 0.0822. The molecule has 1 rings (SSSR count). The Bertz CT molecular complexity index is 346. The topological polar surface area (TPSA) is 29.1 Å². The summed E-state index contributed by atoms with van der Waals surface area (Å²) >= 11 is 4.02. The summed E-state index contributed by atoms with van der Waals surface area (Å²) in [5, 5.41) is 2.88. The fourth-order valence-corrected chi connectivity index (χ4v) is 1.81. The average Bonchev–Trinajstić information content (AvgIpc) is 2.30. The Kier molecular flexibility index (Phi) is 6.12. The number of benzene rings is 1. The van der Waals surface area contributed by atoms with E-state index in [0.29, 0.717) is 24.6 Å². The van der Waals surface area contributed by atoms with Gasteiger partial charge in [-0.15, -0.1) is 0 Å². The van der Waals surface area contributed by atoms with E-state index in [1.54, 1.807) is 0 Å². The predicted molar refractivity (Wildman–Crippen MR) is 75.7 cm³/mol. The molecule has 2 nitrogen and oxygen atoms in total. The second-order valence-electron chi connectivity index (χ2n) is 4.47. The van der Waals surface area contributed by atoms with Crippen LogP contribution in [0.15, 0.2) is 24.3 Å². The van der Waals surface area contributed by atoms with E-state index in [1.807, 2.05) is 0 Å². The Morgan fingerprint density at radius 1 is 1.29 bits per heavy atom. The van der Waals surface area contributed by atoms with Gasteiger partial charge in [0.25, 0.3) is 0 Å². The Balaban J connectivity index is 2.35. The molecular weight excluding hydrogens is 230 g/mol. The van der Waals surface area contributed by atoms with E-state index in [0.717, 1.165) is 6.42 Å². The van der Waals surface area contributed by atoms with Crippen LogP contribution in [-0.4, -0.2) is 18.2 Å². The largest absolute Gasteiger partial charge is 0.356 e. The predicted octanol–water partition coefficient (Wildman–Crippen LogP) is 2.79. The molecule has 1 aromatic rings. The van der Waals surface area contributed by atoms with Gasteiger partial charge in [0.05, 0.1) is 0 Å². The Labute approximate surface area is 109 Å². The fraction of sp³-hybridized carbons (Fsp3) is 0.500. The van der Waals surface area contributed by atoms with Gasteiger partial charge in [-0.2, -0.15) is 12.6 Å². The molecule has 0 fully saturated rings. The maximum atomic E-state index is 11.2. The third kappa shape index (κ3) is 5.26. The third-order valence-corrected chi connectivity index (χ3v) is 2.94. The van der Waals surface area contributed by atoms with Crippen molar-refractivity contribution < 1.29 is 4.79 Å². The lowest BCUT2D eigenvalue weighted by molar-refractivity contribution is -0.120. The molecule has 0 bridgehead atoms. The van der Waals surface area contributed by atoms with E-state index in [1.165, 1.54) is 11.1 Å². The molecule has 0 unspecified atom stereocenters. The van der Waals surface area contributed by atoms with Crippen LogP contribution in [0.5, 0.6) is 0 Å². The van der Waals surface area contributed by atoms with E-state index in [9.17, 15) is 4.79 Å². The van der Waals surface area contributed by atoms with Gasteiger partial charge in [-0.05, 0) is 29.2 Å². The van der Waals surface area contributed by atoms with Crippen LogP contribution in [0.4, 0.5) is 0 Å². The molecule has 17 heavy (non-hydrogen) atoms. The van der Waals surface area contributed by atoms with Crippen LogP contribution in [0, 0.1) is 0 Å². The zero-order chi connectivity index (χ0) is 12.7. The summed E-state index contributed by atoms with van der Waals surface area (Å²) in [5.41, 5.74) is 2.62. The van der Waals surface area contributed by atoms with Crippen molar-refractivity contribution in [2.45, 2.75) is 32.6 Å². The standard InChI is InChI=1S/C14H21NOS/c1-11(2)13-5-3-12(4-6-13)7-9-15-14(16)8-10-17/h3-6,11,17H,7-10H2,1-2H3,(H,15,16). The molecule has 0 aliphatic carbocycles. The van der Waals surface area contributed by atoms with Gasteiger partial charge in [-0.25, -0.2) is 0 Å². The fourth-order valence-electron chi connectivity index (χ4n) is 1.61. The first kappa shape index (κ1) is 14.1. The van der Waals surface area contributed by atoms with Crippen molar-refractivity contribution in [3.8, 4) is 0 Å². The van der Waals surface area contributed by atoms with Crippen molar-refractivity contribution in [2.75, 3.05) is 12.3 Å². The van der Waals surface area contributed by atoms with Gasteiger partial charge >= 0.3 is 0 Å². The van der Waals surface area contributed by atoms with Gasteiger partial charge < -0.3 is 5.32 Å². The molecular formula is C14H21NOS. The lowest BCUT2D eigenvalue weighted by Gasteiger charge is -2.07. The normalized spacial score (nSPS) is 10.6. The number of carbonyl (C=O) groups excluding carboxylic acids is 1. The van der Waals surface area contributed by atoms with Crippen molar-refractivity contribution in [3.05, 3.63) is 35.4 Å². The molecule has 3 heteroatoms. The Morgan fingerprint density at radius 2 is 1.94 bits per heavy atom. The molecule has 0 aliphatic rings. The highest BCUT2D eigenvalue weighted by Gasteiger charge is 2.01. The first-order chi connectivity index (χ1) is 8.13. The summed E-state index contributed by atoms with van der Waals surface area (Å²) in [7, 11) is 0. The van der Waals surface area contributed by atoms with Crippen LogP contribution >= 0.6 is 12.6 Å². The quantitative estimate of drug-likeness (QED) is 0.748. The van der Waals surface area contributed by atoms with Gasteiger partial charge in [-0.3, -0.25) is 4.79 Å². The lowest BCUT2D eigenvalue weighted by atomic mass is 10.0. The molecule has 0 atom stereocenters. The Morgan fingerprint density at radius 3 is 2.47 bits per heavy atom.